The molecule has 136 valence electrons. The fourth-order valence-corrected chi connectivity index (χ4v) is 2.44. The molecule has 2 N–H and O–H groups in total. The lowest BCUT2D eigenvalue weighted by atomic mass is 10.1. The summed E-state index contributed by atoms with van der Waals surface area (Å²) in [4.78, 5) is 24.8. The molecule has 0 heterocycles. The van der Waals surface area contributed by atoms with E-state index in [1.807, 2.05) is 0 Å². The number of benzene rings is 3. The summed E-state index contributed by atoms with van der Waals surface area (Å²) in [5.41, 5.74) is 1.24. The van der Waals surface area contributed by atoms with Gasteiger partial charge in [-0.05, 0) is 54.6 Å². The highest BCUT2D eigenvalue weighted by molar-refractivity contribution is 6.08. The van der Waals surface area contributed by atoms with Crippen LogP contribution in [0.25, 0.3) is 0 Å². The standard InChI is InChI=1S/C21H17FN2O3/c1-27-17-11-9-16(10-12-17)23-20(25)14-5-4-6-15(13-14)21(26)24-19-8-3-2-7-18(19)22/h2-13H,1H3,(H,23,25)(H,24,26). The van der Waals surface area contributed by atoms with E-state index in [4.69, 9.17) is 4.74 Å². The van der Waals surface area contributed by atoms with E-state index < -0.39 is 11.7 Å². The molecule has 0 bridgehead atoms. The fourth-order valence-electron chi connectivity index (χ4n) is 2.44. The lowest BCUT2D eigenvalue weighted by Crippen LogP contribution is -2.16. The van der Waals surface area contributed by atoms with Gasteiger partial charge in [0.15, 0.2) is 0 Å². The molecule has 0 atom stereocenters. The molecule has 5 nitrogen and oxygen atoms in total. The topological polar surface area (TPSA) is 67.4 Å². The highest BCUT2D eigenvalue weighted by atomic mass is 19.1. The number of anilines is 2. The van der Waals surface area contributed by atoms with Crippen molar-refractivity contribution in [3.05, 3.63) is 89.7 Å². The molecular formula is C21H17FN2O3. The van der Waals surface area contributed by atoms with Crippen LogP contribution in [0.5, 0.6) is 5.75 Å². The van der Waals surface area contributed by atoms with Crippen molar-refractivity contribution >= 4 is 23.2 Å². The first-order valence-corrected chi connectivity index (χ1v) is 8.18. The van der Waals surface area contributed by atoms with E-state index in [1.165, 1.54) is 24.3 Å². The van der Waals surface area contributed by atoms with Gasteiger partial charge in [0, 0.05) is 16.8 Å². The first-order valence-electron chi connectivity index (χ1n) is 8.18. The van der Waals surface area contributed by atoms with E-state index >= 15 is 0 Å². The highest BCUT2D eigenvalue weighted by Crippen LogP contribution is 2.17. The summed E-state index contributed by atoms with van der Waals surface area (Å²) in [6.07, 6.45) is 0. The van der Waals surface area contributed by atoms with Crippen LogP contribution in [0.2, 0.25) is 0 Å². The normalized spacial score (nSPS) is 10.1. The summed E-state index contributed by atoms with van der Waals surface area (Å²) in [5.74, 6) is -0.709. The second-order valence-corrected chi connectivity index (χ2v) is 5.70. The molecule has 0 saturated heterocycles. The molecule has 0 spiro atoms. The van der Waals surface area contributed by atoms with Gasteiger partial charge in [0.05, 0.1) is 12.8 Å². The van der Waals surface area contributed by atoms with Crippen LogP contribution in [0.4, 0.5) is 15.8 Å². The lowest BCUT2D eigenvalue weighted by molar-refractivity contribution is 0.102. The van der Waals surface area contributed by atoms with E-state index in [-0.39, 0.29) is 17.2 Å². The van der Waals surface area contributed by atoms with Crippen LogP contribution >= 0.6 is 0 Å². The van der Waals surface area contributed by atoms with E-state index in [2.05, 4.69) is 10.6 Å². The largest absolute Gasteiger partial charge is 0.497 e. The van der Waals surface area contributed by atoms with Gasteiger partial charge in [-0.2, -0.15) is 0 Å². The van der Waals surface area contributed by atoms with Gasteiger partial charge >= 0.3 is 0 Å². The van der Waals surface area contributed by atoms with Gasteiger partial charge in [0.25, 0.3) is 11.8 Å². The minimum Gasteiger partial charge on any atom is -0.497 e. The smallest absolute Gasteiger partial charge is 0.255 e. The van der Waals surface area contributed by atoms with E-state index in [1.54, 1.807) is 55.6 Å². The number of carbonyl (C=O) groups is 2. The minimum atomic E-state index is -0.528. The molecule has 0 aliphatic carbocycles. The third kappa shape index (κ3) is 4.49. The van der Waals surface area contributed by atoms with E-state index in [0.29, 0.717) is 17.0 Å². The second kappa shape index (κ2) is 8.14. The van der Waals surface area contributed by atoms with Crippen molar-refractivity contribution in [3.8, 4) is 5.75 Å². The average molecular weight is 364 g/mol. The number of halogens is 1. The number of methoxy groups -OCH3 is 1. The Morgan fingerprint density at radius 2 is 1.44 bits per heavy atom. The SMILES string of the molecule is COc1ccc(NC(=O)c2cccc(C(=O)Nc3ccccc3F)c2)cc1. The molecule has 6 heteroatoms. The van der Waals surface area contributed by atoms with Gasteiger partial charge in [-0.25, -0.2) is 4.39 Å². The molecule has 3 aromatic carbocycles. The number of para-hydroxylation sites is 1. The summed E-state index contributed by atoms with van der Waals surface area (Å²) < 4.78 is 18.8. The number of carbonyl (C=O) groups excluding carboxylic acids is 2. The lowest BCUT2D eigenvalue weighted by Gasteiger charge is -2.09. The Kier molecular flexibility index (Phi) is 5.47. The zero-order valence-corrected chi connectivity index (χ0v) is 14.5. The monoisotopic (exact) mass is 364 g/mol. The molecular weight excluding hydrogens is 347 g/mol. The maximum Gasteiger partial charge on any atom is 0.255 e. The number of rotatable bonds is 5. The molecule has 0 unspecified atom stereocenters. The molecule has 3 aromatic rings. The van der Waals surface area contributed by atoms with Crippen LogP contribution in [0.3, 0.4) is 0 Å². The minimum absolute atomic E-state index is 0.0792. The number of amides is 2. The Balaban J connectivity index is 1.73. The fraction of sp³-hybridized carbons (Fsp3) is 0.0476. The summed E-state index contributed by atoms with van der Waals surface area (Å²) in [5, 5.41) is 5.24. The molecule has 0 aliphatic heterocycles. The third-order valence-corrected chi connectivity index (χ3v) is 3.86. The predicted molar refractivity (Wildman–Crippen MR) is 102 cm³/mol. The first-order chi connectivity index (χ1) is 13.1. The van der Waals surface area contributed by atoms with Crippen LogP contribution in [-0.2, 0) is 0 Å². The van der Waals surface area contributed by atoms with Crippen molar-refractivity contribution in [2.75, 3.05) is 17.7 Å². The molecule has 0 fully saturated rings. The van der Waals surface area contributed by atoms with Gasteiger partial charge in [-0.15, -0.1) is 0 Å². The Bertz CT molecular complexity index is 971. The third-order valence-electron chi connectivity index (χ3n) is 3.86. The predicted octanol–water partition coefficient (Wildman–Crippen LogP) is 4.34. The van der Waals surface area contributed by atoms with Crippen molar-refractivity contribution < 1.29 is 18.7 Å². The van der Waals surface area contributed by atoms with Crippen molar-refractivity contribution in [1.29, 1.82) is 0 Å². The number of hydrogen-bond donors (Lipinski definition) is 2. The van der Waals surface area contributed by atoms with Crippen molar-refractivity contribution in [3.63, 3.8) is 0 Å². The molecule has 0 radical (unpaired) electrons. The molecule has 3 rings (SSSR count). The van der Waals surface area contributed by atoms with E-state index in [9.17, 15) is 14.0 Å². The van der Waals surface area contributed by atoms with Crippen LogP contribution in [0.15, 0.2) is 72.8 Å². The molecule has 0 aliphatic rings. The Morgan fingerprint density at radius 3 is 2.07 bits per heavy atom. The Hall–Kier alpha value is -3.67. The maximum absolute atomic E-state index is 13.7. The van der Waals surface area contributed by atoms with Crippen molar-refractivity contribution in [2.45, 2.75) is 0 Å². The summed E-state index contributed by atoms with van der Waals surface area (Å²) in [6, 6.07) is 19.0. The summed E-state index contributed by atoms with van der Waals surface area (Å²) >= 11 is 0. The quantitative estimate of drug-likeness (QED) is 0.708. The average Bonchev–Trinajstić information content (AvgIpc) is 2.70. The van der Waals surface area contributed by atoms with Crippen LogP contribution in [0.1, 0.15) is 20.7 Å². The van der Waals surface area contributed by atoms with Crippen molar-refractivity contribution in [1.82, 2.24) is 0 Å². The Morgan fingerprint density at radius 1 is 0.815 bits per heavy atom. The zero-order chi connectivity index (χ0) is 19.2. The van der Waals surface area contributed by atoms with Gasteiger partial charge in [-0.3, -0.25) is 9.59 Å². The number of ether oxygens (including phenoxy) is 1. The molecule has 2 amide bonds. The molecule has 0 saturated carbocycles. The maximum atomic E-state index is 13.7. The van der Waals surface area contributed by atoms with Crippen LogP contribution < -0.4 is 15.4 Å². The van der Waals surface area contributed by atoms with Gasteiger partial charge in [-0.1, -0.05) is 18.2 Å². The molecule has 0 aromatic heterocycles. The van der Waals surface area contributed by atoms with Gasteiger partial charge < -0.3 is 15.4 Å². The summed E-state index contributed by atoms with van der Waals surface area (Å²) in [6.45, 7) is 0. The van der Waals surface area contributed by atoms with Crippen LogP contribution in [-0.4, -0.2) is 18.9 Å². The van der Waals surface area contributed by atoms with Gasteiger partial charge in [0.1, 0.15) is 11.6 Å². The zero-order valence-electron chi connectivity index (χ0n) is 14.5. The highest BCUT2D eigenvalue weighted by Gasteiger charge is 2.12. The second-order valence-electron chi connectivity index (χ2n) is 5.70. The number of nitrogens with one attached hydrogen (secondary N) is 2. The first kappa shape index (κ1) is 18.1. The Labute approximate surface area is 155 Å². The summed E-state index contributed by atoms with van der Waals surface area (Å²) in [7, 11) is 1.56. The van der Waals surface area contributed by atoms with Gasteiger partial charge in [0.2, 0.25) is 0 Å². The van der Waals surface area contributed by atoms with Crippen LogP contribution in [0, 0.1) is 5.82 Å². The number of hydrogen-bond acceptors (Lipinski definition) is 3. The molecule has 27 heavy (non-hydrogen) atoms. The van der Waals surface area contributed by atoms with Crippen molar-refractivity contribution in [2.24, 2.45) is 0 Å². The van der Waals surface area contributed by atoms with E-state index in [0.717, 1.165) is 0 Å².